The van der Waals surface area contributed by atoms with Gasteiger partial charge in [-0.2, -0.15) is 0 Å². The molecule has 0 aliphatic carbocycles. The zero-order valence-corrected chi connectivity index (χ0v) is 11.3. The molecule has 0 radical (unpaired) electrons. The molecule has 5 nitrogen and oxygen atoms in total. The highest BCUT2D eigenvalue weighted by Crippen LogP contribution is 2.20. The fraction of sp³-hybridized carbons (Fsp3) is 0.333. The molecule has 1 heterocycles. The Kier molecular flexibility index (Phi) is 4.40. The van der Waals surface area contributed by atoms with Crippen molar-refractivity contribution < 1.29 is 19.1 Å². The van der Waals surface area contributed by atoms with Crippen LogP contribution >= 0.6 is 0 Å². The number of fused-ring (bicyclic) bond motifs is 1. The summed E-state index contributed by atoms with van der Waals surface area (Å²) in [5.74, 6) is -1.43. The van der Waals surface area contributed by atoms with Gasteiger partial charge in [-0.25, -0.2) is 4.79 Å². The van der Waals surface area contributed by atoms with Gasteiger partial charge in [0, 0.05) is 5.39 Å². The first kappa shape index (κ1) is 14.1. The summed E-state index contributed by atoms with van der Waals surface area (Å²) >= 11 is 0. The van der Waals surface area contributed by atoms with E-state index < -0.39 is 17.9 Å². The van der Waals surface area contributed by atoms with E-state index in [1.165, 1.54) is 6.26 Å². The van der Waals surface area contributed by atoms with Crippen LogP contribution in [-0.2, 0) is 4.79 Å². The molecular formula is C15H17NO4. The second-order valence-corrected chi connectivity index (χ2v) is 4.65. The minimum absolute atomic E-state index is 0.364. The molecule has 106 valence electrons. The quantitative estimate of drug-likeness (QED) is 0.849. The Morgan fingerprint density at radius 2 is 2.10 bits per heavy atom. The number of nitrogens with one attached hydrogen (secondary N) is 1. The van der Waals surface area contributed by atoms with Gasteiger partial charge in [-0.1, -0.05) is 38.0 Å². The van der Waals surface area contributed by atoms with E-state index in [0.29, 0.717) is 23.0 Å². The summed E-state index contributed by atoms with van der Waals surface area (Å²) in [5, 5.41) is 12.4. The van der Waals surface area contributed by atoms with Crippen LogP contribution in [0.4, 0.5) is 0 Å². The van der Waals surface area contributed by atoms with Gasteiger partial charge >= 0.3 is 5.97 Å². The van der Waals surface area contributed by atoms with Crippen molar-refractivity contribution in [1.82, 2.24) is 5.32 Å². The molecule has 1 amide bonds. The number of unbranched alkanes of at least 4 members (excludes halogenated alkanes) is 1. The molecule has 0 bridgehead atoms. The SMILES string of the molecule is CCCC[C@H](NC(=O)c1coc2ccccc12)C(=O)O. The lowest BCUT2D eigenvalue weighted by Crippen LogP contribution is -2.40. The summed E-state index contributed by atoms with van der Waals surface area (Å²) < 4.78 is 5.29. The highest BCUT2D eigenvalue weighted by molar-refractivity contribution is 6.06. The van der Waals surface area contributed by atoms with Gasteiger partial charge in [-0.15, -0.1) is 0 Å². The van der Waals surface area contributed by atoms with Gasteiger partial charge in [-0.05, 0) is 12.5 Å². The van der Waals surface area contributed by atoms with Crippen LogP contribution in [0.3, 0.4) is 0 Å². The third kappa shape index (κ3) is 2.99. The van der Waals surface area contributed by atoms with E-state index in [1.54, 1.807) is 18.2 Å². The molecule has 2 aromatic rings. The third-order valence-electron chi connectivity index (χ3n) is 3.18. The molecule has 20 heavy (non-hydrogen) atoms. The predicted octanol–water partition coefficient (Wildman–Crippen LogP) is 2.81. The molecule has 0 saturated heterocycles. The number of carbonyl (C=O) groups excluding carboxylic acids is 1. The molecule has 2 rings (SSSR count). The molecule has 0 aliphatic rings. The Morgan fingerprint density at radius 3 is 2.80 bits per heavy atom. The van der Waals surface area contributed by atoms with Crippen molar-refractivity contribution in [3.05, 3.63) is 36.1 Å². The number of para-hydroxylation sites is 1. The molecule has 1 aromatic carbocycles. The van der Waals surface area contributed by atoms with Crippen molar-refractivity contribution in [3.8, 4) is 0 Å². The van der Waals surface area contributed by atoms with E-state index in [4.69, 9.17) is 9.52 Å². The van der Waals surface area contributed by atoms with Gasteiger partial charge in [0.05, 0.1) is 5.56 Å². The molecule has 0 unspecified atom stereocenters. The summed E-state index contributed by atoms with van der Waals surface area (Å²) in [7, 11) is 0. The zero-order valence-electron chi connectivity index (χ0n) is 11.3. The molecule has 0 spiro atoms. The number of carboxylic acids is 1. The maximum atomic E-state index is 12.2. The first-order chi connectivity index (χ1) is 9.63. The topological polar surface area (TPSA) is 79.5 Å². The lowest BCUT2D eigenvalue weighted by atomic mass is 10.1. The summed E-state index contributed by atoms with van der Waals surface area (Å²) in [6.07, 6.45) is 3.42. The Morgan fingerprint density at radius 1 is 1.35 bits per heavy atom. The Labute approximate surface area is 116 Å². The first-order valence-electron chi connectivity index (χ1n) is 6.63. The average Bonchev–Trinajstić information content (AvgIpc) is 2.87. The van der Waals surface area contributed by atoms with E-state index in [9.17, 15) is 9.59 Å². The molecule has 0 saturated carbocycles. The second kappa shape index (κ2) is 6.23. The number of aliphatic carboxylic acids is 1. The van der Waals surface area contributed by atoms with Gasteiger partial charge in [-0.3, -0.25) is 4.79 Å². The smallest absolute Gasteiger partial charge is 0.326 e. The van der Waals surface area contributed by atoms with Crippen LogP contribution in [0, 0.1) is 0 Å². The van der Waals surface area contributed by atoms with Gasteiger partial charge in [0.15, 0.2) is 0 Å². The largest absolute Gasteiger partial charge is 0.480 e. The van der Waals surface area contributed by atoms with Crippen LogP contribution < -0.4 is 5.32 Å². The molecular weight excluding hydrogens is 258 g/mol. The second-order valence-electron chi connectivity index (χ2n) is 4.65. The minimum Gasteiger partial charge on any atom is -0.480 e. The Balaban J connectivity index is 2.16. The van der Waals surface area contributed by atoms with Gasteiger partial charge in [0.1, 0.15) is 17.9 Å². The van der Waals surface area contributed by atoms with Crippen LogP contribution in [0.15, 0.2) is 34.9 Å². The van der Waals surface area contributed by atoms with Gasteiger partial charge in [0.25, 0.3) is 5.91 Å². The number of hydrogen-bond acceptors (Lipinski definition) is 3. The van der Waals surface area contributed by atoms with Crippen LogP contribution in [0.1, 0.15) is 36.5 Å². The number of hydrogen-bond donors (Lipinski definition) is 2. The van der Waals surface area contributed by atoms with Crippen molar-refractivity contribution in [2.24, 2.45) is 0 Å². The van der Waals surface area contributed by atoms with Crippen molar-refractivity contribution >= 4 is 22.8 Å². The molecule has 0 fully saturated rings. The van der Waals surface area contributed by atoms with Crippen LogP contribution in [0.5, 0.6) is 0 Å². The Hall–Kier alpha value is -2.30. The number of benzene rings is 1. The summed E-state index contributed by atoms with van der Waals surface area (Å²) in [5.41, 5.74) is 0.974. The van der Waals surface area contributed by atoms with Gasteiger partial charge < -0.3 is 14.8 Å². The van der Waals surface area contributed by atoms with Crippen LogP contribution in [0.25, 0.3) is 11.0 Å². The predicted molar refractivity (Wildman–Crippen MR) is 74.6 cm³/mol. The van der Waals surface area contributed by atoms with E-state index in [1.807, 2.05) is 13.0 Å². The Bertz CT molecular complexity index is 617. The third-order valence-corrected chi connectivity index (χ3v) is 3.18. The summed E-state index contributed by atoms with van der Waals surface area (Å²) in [6.45, 7) is 1.98. The monoisotopic (exact) mass is 275 g/mol. The number of furan rings is 1. The van der Waals surface area contributed by atoms with E-state index in [2.05, 4.69) is 5.32 Å². The first-order valence-corrected chi connectivity index (χ1v) is 6.63. The minimum atomic E-state index is -1.01. The van der Waals surface area contributed by atoms with Crippen molar-refractivity contribution in [1.29, 1.82) is 0 Å². The maximum Gasteiger partial charge on any atom is 0.326 e. The molecule has 0 aliphatic heterocycles. The number of amides is 1. The van der Waals surface area contributed by atoms with Crippen LogP contribution in [0.2, 0.25) is 0 Å². The van der Waals surface area contributed by atoms with E-state index in [0.717, 1.165) is 12.8 Å². The summed E-state index contributed by atoms with van der Waals surface area (Å²) in [6, 6.07) is 6.29. The van der Waals surface area contributed by atoms with Crippen molar-refractivity contribution in [3.63, 3.8) is 0 Å². The maximum absolute atomic E-state index is 12.2. The number of rotatable bonds is 6. The number of carbonyl (C=O) groups is 2. The van der Waals surface area contributed by atoms with Crippen molar-refractivity contribution in [2.75, 3.05) is 0 Å². The molecule has 2 N–H and O–H groups in total. The van der Waals surface area contributed by atoms with Crippen molar-refractivity contribution in [2.45, 2.75) is 32.2 Å². The zero-order chi connectivity index (χ0) is 14.5. The molecule has 1 atom stereocenters. The van der Waals surface area contributed by atoms with E-state index in [-0.39, 0.29) is 0 Å². The van der Waals surface area contributed by atoms with Crippen LogP contribution in [-0.4, -0.2) is 23.0 Å². The highest BCUT2D eigenvalue weighted by atomic mass is 16.4. The van der Waals surface area contributed by atoms with E-state index >= 15 is 0 Å². The standard InChI is InChI=1S/C15H17NO4/c1-2-3-7-12(15(18)19)16-14(17)11-9-20-13-8-5-4-6-10(11)13/h4-6,8-9,12H,2-3,7H2,1H3,(H,16,17)(H,18,19)/t12-/m0/s1. The highest BCUT2D eigenvalue weighted by Gasteiger charge is 2.22. The fourth-order valence-electron chi connectivity index (χ4n) is 2.06. The normalized spacial score (nSPS) is 12.2. The van der Waals surface area contributed by atoms with Gasteiger partial charge in [0.2, 0.25) is 0 Å². The average molecular weight is 275 g/mol. The summed E-state index contributed by atoms with van der Waals surface area (Å²) in [4.78, 5) is 23.3. The molecule has 5 heteroatoms. The molecule has 1 aromatic heterocycles. The number of carboxylic acid groups (broad SMARTS) is 1. The lowest BCUT2D eigenvalue weighted by molar-refractivity contribution is -0.139. The lowest BCUT2D eigenvalue weighted by Gasteiger charge is -2.13. The fourth-order valence-corrected chi connectivity index (χ4v) is 2.06.